The van der Waals surface area contributed by atoms with Gasteiger partial charge in [-0.25, -0.2) is 4.79 Å². The van der Waals surface area contributed by atoms with Crippen LogP contribution in [0.3, 0.4) is 0 Å². The molecule has 10 heteroatoms. The van der Waals surface area contributed by atoms with Gasteiger partial charge in [0.05, 0.1) is 56.5 Å². The molecule has 0 unspecified atom stereocenters. The maximum atomic E-state index is 11.0. The molecule has 0 amide bonds. The zero-order valence-electron chi connectivity index (χ0n) is 23.3. The zero-order chi connectivity index (χ0) is 31.0. The molecule has 4 nitrogen and oxygen atoms in total. The standard InChI is InChI=1S/C28H29NP2.C3H4F2O2.CHO.ClH.Ru.H/c1-5-13-25(14-6-1)30(26-15-7-2-8-16-26)23-21-29-22-24-31(27-17-9-3-10-18-27)28-19-11-4-12-20-28;1-7-3(6)2(4)5;1-2;;;/h1-20,29H,21-24H2;2H,1H3;1H;1H;;/q;;-1;;+3;/p+1. The van der Waals surface area contributed by atoms with E-state index in [2.05, 4.69) is 148 Å². The van der Waals surface area contributed by atoms with E-state index in [1.54, 1.807) is 17.3 Å². The average Bonchev–Trinajstić information content (AvgIpc) is 3.08. The molecule has 0 bridgehead atoms. The number of hydrogen-bond donors (Lipinski definition) is 1. The minimum absolute atomic E-state index is 0.758. The second-order valence-corrected chi connectivity index (χ2v) is 13.7. The number of nitrogens with one attached hydrogen (secondary N) is 1. The molecule has 0 atom stereocenters. The number of benzene rings is 4. The molecule has 4 rings (SSSR count). The van der Waals surface area contributed by atoms with Crippen LogP contribution in [0.2, 0.25) is 0 Å². The van der Waals surface area contributed by atoms with Crippen molar-refractivity contribution in [2.24, 2.45) is 0 Å². The molecule has 0 saturated carbocycles. The molecule has 0 fully saturated rings. The van der Waals surface area contributed by atoms with E-state index in [9.17, 15) is 13.6 Å². The number of halogens is 3. The summed E-state index contributed by atoms with van der Waals surface area (Å²) >= 11 is 1.62. The Hall–Kier alpha value is -2.39. The second kappa shape index (κ2) is 24.1. The van der Waals surface area contributed by atoms with Crippen LogP contribution in [0, 0.1) is 0 Å². The van der Waals surface area contributed by atoms with Crippen molar-refractivity contribution in [1.29, 1.82) is 0 Å². The van der Waals surface area contributed by atoms with E-state index >= 15 is 0 Å². The first-order chi connectivity index (χ1) is 20.6. The zero-order valence-corrected chi connectivity index (χ0v) is 27.9. The molecule has 0 saturated heterocycles. The summed E-state index contributed by atoms with van der Waals surface area (Å²) in [7, 11) is 4.00. The van der Waals surface area contributed by atoms with Crippen LogP contribution >= 0.6 is 25.5 Å². The second-order valence-electron chi connectivity index (χ2n) is 8.50. The first-order valence-corrected chi connectivity index (χ1v) is 18.8. The number of alkyl halides is 2. The van der Waals surface area contributed by atoms with Crippen LogP contribution in [-0.4, -0.2) is 51.7 Å². The summed E-state index contributed by atoms with van der Waals surface area (Å²) < 4.78 is 25.5. The van der Waals surface area contributed by atoms with Gasteiger partial charge < -0.3 is 14.8 Å². The predicted molar refractivity (Wildman–Crippen MR) is 176 cm³/mol. The SMILES string of the molecule is COC(=O)C(F)F.[CH-]=O.[Cl][RuH+2].c1ccc([PH+](CCNCC[PH+](c2ccccc2)c2ccccc2)c2ccccc2)cc1. The minimum Gasteiger partial charge on any atom is -0.310 e. The molecule has 0 aliphatic rings. The van der Waals surface area contributed by atoms with Gasteiger partial charge in [0.1, 0.15) is 0 Å². The Morgan fingerprint density at radius 3 is 1.14 bits per heavy atom. The maximum absolute atomic E-state index is 11.0. The summed E-state index contributed by atoms with van der Waals surface area (Å²) in [4.78, 5) is 17.3. The van der Waals surface area contributed by atoms with Crippen molar-refractivity contribution in [1.82, 2.24) is 5.32 Å². The van der Waals surface area contributed by atoms with Gasteiger partial charge in [0, 0.05) is 13.1 Å². The number of ether oxygens (including phenoxy) is 1. The van der Waals surface area contributed by atoms with Crippen molar-refractivity contribution >= 4 is 59.5 Å². The molecule has 4 aromatic rings. The summed E-state index contributed by atoms with van der Waals surface area (Å²) in [6.07, 6.45) is -0.584. The number of hydrogen-bond acceptors (Lipinski definition) is 4. The van der Waals surface area contributed by atoms with Crippen LogP contribution in [0.15, 0.2) is 121 Å². The average molecular weight is 720 g/mol. The number of esters is 1. The summed E-state index contributed by atoms with van der Waals surface area (Å²) in [5, 5.41) is 9.77. The van der Waals surface area contributed by atoms with E-state index in [1.165, 1.54) is 33.5 Å². The largest absolute Gasteiger partial charge is 0.310 e. The Labute approximate surface area is 264 Å². The van der Waals surface area contributed by atoms with Gasteiger partial charge in [0.25, 0.3) is 0 Å². The monoisotopic (exact) mass is 720 g/mol. The van der Waals surface area contributed by atoms with Gasteiger partial charge in [0.15, 0.2) is 0 Å². The summed E-state index contributed by atoms with van der Waals surface area (Å²) in [5.41, 5.74) is 0. The molecule has 0 heterocycles. The smallest absolute Gasteiger partial charge is 0.0967 e. The third kappa shape index (κ3) is 14.2. The maximum Gasteiger partial charge on any atom is 0.0967 e. The molecule has 42 heavy (non-hydrogen) atoms. The van der Waals surface area contributed by atoms with Crippen molar-refractivity contribution in [3.63, 3.8) is 0 Å². The fourth-order valence-corrected chi connectivity index (χ4v) is 9.16. The van der Waals surface area contributed by atoms with Crippen molar-refractivity contribution in [2.45, 2.75) is 6.43 Å². The Kier molecular flexibility index (Phi) is 21.6. The van der Waals surface area contributed by atoms with Crippen molar-refractivity contribution in [2.75, 3.05) is 32.5 Å². The van der Waals surface area contributed by atoms with Crippen molar-refractivity contribution < 1.29 is 40.4 Å². The fourth-order valence-electron chi connectivity index (χ4n) is 4.11. The molecule has 4 aromatic carbocycles. The molecule has 0 aliphatic heterocycles. The van der Waals surface area contributed by atoms with Crippen LogP contribution in [-0.2, 0) is 31.6 Å². The number of rotatable bonds is 11. The van der Waals surface area contributed by atoms with Crippen LogP contribution in [0.5, 0.6) is 0 Å². The van der Waals surface area contributed by atoms with Crippen molar-refractivity contribution in [3.8, 4) is 0 Å². The quantitative estimate of drug-likeness (QED) is 0.0601. The summed E-state index contributed by atoms with van der Waals surface area (Å²) in [6, 6.07) is 44.2. The predicted octanol–water partition coefficient (Wildman–Crippen LogP) is 4.88. The first kappa shape index (κ1) is 37.6. The van der Waals surface area contributed by atoms with E-state index in [0.29, 0.717) is 0 Å². The molecule has 224 valence electrons. The van der Waals surface area contributed by atoms with Gasteiger partial charge >= 0.3 is 39.4 Å². The Bertz CT molecular complexity index is 1050. The summed E-state index contributed by atoms with van der Waals surface area (Å²) in [6.45, 7) is 5.38. The van der Waals surface area contributed by atoms with Gasteiger partial charge in [-0.15, -0.1) is 0 Å². The number of carbonyl (C=O) groups is 1. The van der Waals surface area contributed by atoms with Crippen LogP contribution in [0.4, 0.5) is 8.78 Å². The normalized spacial score (nSPS) is 10.0. The van der Waals surface area contributed by atoms with E-state index in [0.717, 1.165) is 20.2 Å². The Balaban J connectivity index is 0.000000696. The Morgan fingerprint density at radius 2 is 0.952 bits per heavy atom. The minimum atomic E-state index is -3.00. The molecule has 0 aliphatic carbocycles. The van der Waals surface area contributed by atoms with Gasteiger partial charge in [-0.05, 0) is 48.5 Å². The van der Waals surface area contributed by atoms with Crippen LogP contribution in [0.25, 0.3) is 0 Å². The van der Waals surface area contributed by atoms with Gasteiger partial charge in [-0.3, -0.25) is 6.79 Å². The van der Waals surface area contributed by atoms with E-state index in [4.69, 9.17) is 4.79 Å². The van der Waals surface area contributed by atoms with Crippen LogP contribution < -0.4 is 26.5 Å². The van der Waals surface area contributed by atoms with E-state index < -0.39 is 28.2 Å². The number of carbonyl (C=O) groups excluding carboxylic acids is 2. The van der Waals surface area contributed by atoms with Gasteiger partial charge in [-0.2, -0.15) is 8.78 Å². The molecular weight excluding hydrogens is 683 g/mol. The summed E-state index contributed by atoms with van der Waals surface area (Å²) in [5.74, 6) is -1.49. The Morgan fingerprint density at radius 1 is 0.690 bits per heavy atom. The third-order valence-corrected chi connectivity index (χ3v) is 11.6. The van der Waals surface area contributed by atoms with Gasteiger partial charge in [0.2, 0.25) is 0 Å². The molecule has 1 N–H and O–H groups in total. The number of methoxy groups -OCH3 is 1. The molecule has 0 aromatic heterocycles. The van der Waals surface area contributed by atoms with Gasteiger partial charge in [-0.1, -0.05) is 72.8 Å². The van der Waals surface area contributed by atoms with Crippen LogP contribution in [0.1, 0.15) is 0 Å². The van der Waals surface area contributed by atoms with E-state index in [-0.39, 0.29) is 0 Å². The van der Waals surface area contributed by atoms with Crippen molar-refractivity contribution in [3.05, 3.63) is 121 Å². The molecule has 0 spiro atoms. The molecular formula is C32H37ClF2NO3P2Ru+3. The third-order valence-electron chi connectivity index (χ3n) is 5.97. The van der Waals surface area contributed by atoms with E-state index in [1.807, 2.05) is 0 Å². The topological polar surface area (TPSA) is 55.4 Å². The first-order valence-electron chi connectivity index (χ1n) is 13.0. The molecule has 0 radical (unpaired) electrons. The fraction of sp³-hybridized carbons (Fsp3) is 0.188.